The zero-order chi connectivity index (χ0) is 40.9. The molecule has 11 rings (SSSR count). The van der Waals surface area contributed by atoms with Crippen molar-refractivity contribution >= 4 is 10.8 Å². The van der Waals surface area contributed by atoms with Crippen LogP contribution < -0.4 is 0 Å². The first-order valence-electron chi connectivity index (χ1n) is 21.1. The van der Waals surface area contributed by atoms with Crippen LogP contribution in [0.25, 0.3) is 100 Å². The molecular weight excluding hydrogens is 737 g/mol. The van der Waals surface area contributed by atoms with E-state index >= 15 is 0 Å². The molecule has 1 aliphatic rings. The Balaban J connectivity index is 1.04. The molecule has 0 N–H and O–H groups in total. The maximum Gasteiger partial charge on any atom is 0.160 e. The maximum atomic E-state index is 5.22. The van der Waals surface area contributed by atoms with Gasteiger partial charge in [-0.1, -0.05) is 196 Å². The summed E-state index contributed by atoms with van der Waals surface area (Å²) in [5.74, 6) is 0.709. The van der Waals surface area contributed by atoms with E-state index < -0.39 is 0 Å². The van der Waals surface area contributed by atoms with E-state index in [1.165, 1.54) is 72.1 Å². The lowest BCUT2D eigenvalue weighted by molar-refractivity contribution is 0.660. The van der Waals surface area contributed by atoms with Crippen LogP contribution in [0.1, 0.15) is 25.0 Å². The van der Waals surface area contributed by atoms with Crippen LogP contribution in [0.2, 0.25) is 0 Å². The minimum Gasteiger partial charge on any atom is -0.228 e. The number of aromatic nitrogens is 2. The molecule has 0 atom stereocenters. The van der Waals surface area contributed by atoms with Gasteiger partial charge in [0.15, 0.2) is 5.82 Å². The van der Waals surface area contributed by atoms with Crippen LogP contribution in [0.3, 0.4) is 0 Å². The molecule has 1 aromatic heterocycles. The van der Waals surface area contributed by atoms with Crippen molar-refractivity contribution < 1.29 is 0 Å². The van der Waals surface area contributed by atoms with E-state index in [2.05, 4.69) is 208 Å². The molecule has 61 heavy (non-hydrogen) atoms. The van der Waals surface area contributed by atoms with Crippen LogP contribution in [0.15, 0.2) is 218 Å². The zero-order valence-corrected chi connectivity index (χ0v) is 34.2. The Morgan fingerprint density at radius 1 is 0.279 bits per heavy atom. The normalized spacial score (nSPS) is 12.6. The van der Waals surface area contributed by atoms with Gasteiger partial charge in [0.05, 0.1) is 11.4 Å². The molecule has 2 heteroatoms. The van der Waals surface area contributed by atoms with Gasteiger partial charge >= 0.3 is 0 Å². The maximum absolute atomic E-state index is 5.22. The zero-order valence-electron chi connectivity index (χ0n) is 34.2. The molecule has 10 aromatic rings. The second-order valence-electron chi connectivity index (χ2n) is 16.6. The number of fused-ring (bicyclic) bond motifs is 4. The predicted molar refractivity (Wildman–Crippen MR) is 255 cm³/mol. The number of hydrogen-bond acceptors (Lipinski definition) is 2. The molecule has 288 valence electrons. The summed E-state index contributed by atoms with van der Waals surface area (Å²) in [6.45, 7) is 4.70. The molecule has 0 saturated carbocycles. The first-order chi connectivity index (χ1) is 30.0. The Labute approximate surface area is 357 Å². The fourth-order valence-electron chi connectivity index (χ4n) is 9.34. The highest BCUT2D eigenvalue weighted by atomic mass is 14.9. The van der Waals surface area contributed by atoms with Crippen molar-refractivity contribution in [1.82, 2.24) is 9.97 Å². The van der Waals surface area contributed by atoms with Gasteiger partial charge in [-0.2, -0.15) is 0 Å². The standard InChI is InChI=1S/C59H42N2/c1-59(2)54-28-15-14-27-51(54)52-30-29-44(37-55(52)59)42-23-16-24-43(33-42)46-34-45(39-17-6-3-7-18-39)35-47(36-46)48-31-32-53(50-26-13-12-25-49(48)50)57-38-56(40-19-8-4-9-20-40)60-58(61-57)41-21-10-5-11-22-41/h3-38H,1-2H3. The molecule has 1 heterocycles. The minimum atomic E-state index is -0.0569. The van der Waals surface area contributed by atoms with E-state index in [0.29, 0.717) is 5.82 Å². The summed E-state index contributed by atoms with van der Waals surface area (Å²) in [6, 6.07) is 78.7. The van der Waals surface area contributed by atoms with Crippen molar-refractivity contribution in [1.29, 1.82) is 0 Å². The molecule has 0 unspecified atom stereocenters. The largest absolute Gasteiger partial charge is 0.228 e. The van der Waals surface area contributed by atoms with Crippen LogP contribution >= 0.6 is 0 Å². The van der Waals surface area contributed by atoms with E-state index in [0.717, 1.165) is 33.5 Å². The van der Waals surface area contributed by atoms with Gasteiger partial charge in [0.25, 0.3) is 0 Å². The van der Waals surface area contributed by atoms with Gasteiger partial charge in [0.1, 0.15) is 0 Å². The quantitative estimate of drug-likeness (QED) is 0.161. The van der Waals surface area contributed by atoms with E-state index in [1.54, 1.807) is 0 Å². The second-order valence-corrected chi connectivity index (χ2v) is 16.6. The molecule has 0 bridgehead atoms. The Morgan fingerprint density at radius 2 is 0.754 bits per heavy atom. The van der Waals surface area contributed by atoms with Crippen molar-refractivity contribution in [3.63, 3.8) is 0 Å². The summed E-state index contributed by atoms with van der Waals surface area (Å²) < 4.78 is 0. The molecule has 0 saturated heterocycles. The van der Waals surface area contributed by atoms with Crippen molar-refractivity contribution in [2.75, 3.05) is 0 Å². The monoisotopic (exact) mass is 778 g/mol. The topological polar surface area (TPSA) is 25.8 Å². The average Bonchev–Trinajstić information content (AvgIpc) is 3.56. The fraction of sp³-hybridized carbons (Fsp3) is 0.0508. The molecule has 0 fully saturated rings. The third-order valence-corrected chi connectivity index (χ3v) is 12.5. The highest BCUT2D eigenvalue weighted by Gasteiger charge is 2.35. The van der Waals surface area contributed by atoms with Crippen LogP contribution in [0, 0.1) is 0 Å². The first-order valence-corrected chi connectivity index (χ1v) is 21.1. The lowest BCUT2D eigenvalue weighted by Crippen LogP contribution is -2.14. The highest BCUT2D eigenvalue weighted by molar-refractivity contribution is 6.05. The Kier molecular flexibility index (Phi) is 8.86. The molecule has 0 spiro atoms. The summed E-state index contributed by atoms with van der Waals surface area (Å²) in [7, 11) is 0. The van der Waals surface area contributed by atoms with Gasteiger partial charge in [0.2, 0.25) is 0 Å². The first kappa shape index (κ1) is 36.4. The smallest absolute Gasteiger partial charge is 0.160 e. The summed E-state index contributed by atoms with van der Waals surface area (Å²) in [6.07, 6.45) is 0. The number of hydrogen-bond donors (Lipinski definition) is 0. The molecule has 0 aliphatic heterocycles. The van der Waals surface area contributed by atoms with E-state index in [9.17, 15) is 0 Å². The summed E-state index contributed by atoms with van der Waals surface area (Å²) in [4.78, 5) is 10.3. The minimum absolute atomic E-state index is 0.0569. The lowest BCUT2D eigenvalue weighted by Gasteiger charge is -2.22. The van der Waals surface area contributed by atoms with E-state index in [4.69, 9.17) is 9.97 Å². The van der Waals surface area contributed by atoms with Crippen molar-refractivity contribution in [3.05, 3.63) is 230 Å². The van der Waals surface area contributed by atoms with Crippen LogP contribution in [0.5, 0.6) is 0 Å². The third kappa shape index (κ3) is 6.54. The van der Waals surface area contributed by atoms with Crippen molar-refractivity contribution in [2.45, 2.75) is 19.3 Å². The van der Waals surface area contributed by atoms with Gasteiger partial charge in [-0.25, -0.2) is 9.97 Å². The number of rotatable bonds is 7. The van der Waals surface area contributed by atoms with E-state index in [-0.39, 0.29) is 5.41 Å². The Hall–Kier alpha value is -7.68. The van der Waals surface area contributed by atoms with Gasteiger partial charge < -0.3 is 0 Å². The predicted octanol–water partition coefficient (Wildman–Crippen LogP) is 15.6. The summed E-state index contributed by atoms with van der Waals surface area (Å²) in [5, 5.41) is 2.32. The van der Waals surface area contributed by atoms with Crippen LogP contribution in [0.4, 0.5) is 0 Å². The number of nitrogens with zero attached hydrogens (tertiary/aromatic N) is 2. The molecule has 1 aliphatic carbocycles. The molecule has 0 amide bonds. The SMILES string of the molecule is CC1(C)c2ccccc2-c2ccc(-c3cccc(-c4cc(-c5ccccc5)cc(-c5ccc(-c6cc(-c7ccccc7)nc(-c7ccccc7)n6)c6ccccc56)c4)c3)cc21. The number of benzene rings is 9. The van der Waals surface area contributed by atoms with Crippen molar-refractivity contribution in [3.8, 4) is 89.5 Å². The highest BCUT2D eigenvalue weighted by Crippen LogP contribution is 2.50. The Morgan fingerprint density at radius 3 is 1.49 bits per heavy atom. The molecule has 9 aromatic carbocycles. The Bertz CT molecular complexity index is 3200. The summed E-state index contributed by atoms with van der Waals surface area (Å²) in [5.41, 5.74) is 19.8. The third-order valence-electron chi connectivity index (χ3n) is 12.5. The second kappa shape index (κ2) is 14.9. The van der Waals surface area contributed by atoms with E-state index in [1.807, 2.05) is 24.3 Å². The van der Waals surface area contributed by atoms with Gasteiger partial charge in [0, 0.05) is 22.1 Å². The van der Waals surface area contributed by atoms with Crippen LogP contribution in [-0.4, -0.2) is 9.97 Å². The lowest BCUT2D eigenvalue weighted by atomic mass is 9.81. The van der Waals surface area contributed by atoms with Crippen LogP contribution in [-0.2, 0) is 5.41 Å². The molecule has 2 nitrogen and oxygen atoms in total. The van der Waals surface area contributed by atoms with Gasteiger partial charge in [-0.3, -0.25) is 0 Å². The van der Waals surface area contributed by atoms with Gasteiger partial charge in [-0.05, 0) is 114 Å². The summed E-state index contributed by atoms with van der Waals surface area (Å²) >= 11 is 0. The fourth-order valence-corrected chi connectivity index (χ4v) is 9.34. The average molecular weight is 779 g/mol. The molecular formula is C59H42N2. The van der Waals surface area contributed by atoms with Gasteiger partial charge in [-0.15, -0.1) is 0 Å². The van der Waals surface area contributed by atoms with Crippen molar-refractivity contribution in [2.24, 2.45) is 0 Å². The molecule has 0 radical (unpaired) electrons.